The van der Waals surface area contributed by atoms with E-state index in [2.05, 4.69) is 26.2 Å². The summed E-state index contributed by atoms with van der Waals surface area (Å²) in [4.78, 5) is 15.8. The van der Waals surface area contributed by atoms with Crippen molar-refractivity contribution in [1.29, 1.82) is 0 Å². The van der Waals surface area contributed by atoms with E-state index in [1.165, 1.54) is 0 Å². The summed E-state index contributed by atoms with van der Waals surface area (Å²) >= 11 is 9.31. The molecule has 1 heterocycles. The SMILES string of the molecule is CNC(=O)CCn1c(CCl)nc2cc(Br)ccc21. The lowest BCUT2D eigenvalue weighted by Crippen LogP contribution is -2.19. The second-order valence-corrected chi connectivity index (χ2v) is 5.05. The first-order chi connectivity index (χ1) is 8.65. The molecule has 6 heteroatoms. The average molecular weight is 331 g/mol. The number of aromatic nitrogens is 2. The van der Waals surface area contributed by atoms with Gasteiger partial charge in [0.25, 0.3) is 0 Å². The number of nitrogens with one attached hydrogen (secondary N) is 1. The normalized spacial score (nSPS) is 10.8. The topological polar surface area (TPSA) is 46.9 Å². The van der Waals surface area contributed by atoms with Gasteiger partial charge in [-0.2, -0.15) is 0 Å². The number of carbonyl (C=O) groups is 1. The van der Waals surface area contributed by atoms with Crippen LogP contribution in [0.1, 0.15) is 12.2 Å². The molecular weight excluding hydrogens is 318 g/mol. The molecule has 0 unspecified atom stereocenters. The van der Waals surface area contributed by atoms with Gasteiger partial charge in [-0.3, -0.25) is 4.79 Å². The Morgan fingerprint density at radius 2 is 2.33 bits per heavy atom. The average Bonchev–Trinajstić information content (AvgIpc) is 2.72. The number of fused-ring (bicyclic) bond motifs is 1. The molecule has 18 heavy (non-hydrogen) atoms. The Balaban J connectivity index is 2.37. The van der Waals surface area contributed by atoms with Crippen LogP contribution in [-0.2, 0) is 17.2 Å². The number of imidazole rings is 1. The van der Waals surface area contributed by atoms with Crippen molar-refractivity contribution in [3.63, 3.8) is 0 Å². The van der Waals surface area contributed by atoms with Crippen LogP contribution >= 0.6 is 27.5 Å². The summed E-state index contributed by atoms with van der Waals surface area (Å²) in [5.41, 5.74) is 1.88. The molecule has 0 fully saturated rings. The van der Waals surface area contributed by atoms with Gasteiger partial charge in [-0.1, -0.05) is 15.9 Å². The van der Waals surface area contributed by atoms with Crippen LogP contribution < -0.4 is 5.32 Å². The lowest BCUT2D eigenvalue weighted by molar-refractivity contribution is -0.120. The van der Waals surface area contributed by atoms with E-state index >= 15 is 0 Å². The molecule has 0 spiro atoms. The number of amides is 1. The third kappa shape index (κ3) is 2.67. The monoisotopic (exact) mass is 329 g/mol. The van der Waals surface area contributed by atoms with Crippen molar-refractivity contribution in [2.24, 2.45) is 0 Å². The maximum atomic E-state index is 11.3. The number of halogens is 2. The molecule has 0 aliphatic rings. The third-order valence-corrected chi connectivity index (χ3v) is 3.48. The second-order valence-electron chi connectivity index (χ2n) is 3.87. The van der Waals surface area contributed by atoms with Gasteiger partial charge in [-0.25, -0.2) is 4.98 Å². The predicted octanol–water partition coefficient (Wildman–Crippen LogP) is 2.67. The Kier molecular flexibility index (Phi) is 4.24. The molecule has 2 rings (SSSR count). The van der Waals surface area contributed by atoms with Gasteiger partial charge in [0.05, 0.1) is 16.9 Å². The van der Waals surface area contributed by atoms with E-state index in [1.807, 2.05) is 22.8 Å². The predicted molar refractivity (Wildman–Crippen MR) is 75.7 cm³/mol. The van der Waals surface area contributed by atoms with Crippen LogP contribution in [0.4, 0.5) is 0 Å². The van der Waals surface area contributed by atoms with Crippen molar-refractivity contribution in [3.05, 3.63) is 28.5 Å². The maximum Gasteiger partial charge on any atom is 0.221 e. The van der Waals surface area contributed by atoms with Crippen LogP contribution in [0.25, 0.3) is 11.0 Å². The first-order valence-electron chi connectivity index (χ1n) is 5.57. The van der Waals surface area contributed by atoms with E-state index < -0.39 is 0 Å². The molecule has 1 aromatic heterocycles. The van der Waals surface area contributed by atoms with Gasteiger partial charge in [-0.15, -0.1) is 11.6 Å². The highest BCUT2D eigenvalue weighted by Crippen LogP contribution is 2.22. The van der Waals surface area contributed by atoms with Crippen molar-refractivity contribution in [3.8, 4) is 0 Å². The van der Waals surface area contributed by atoms with E-state index in [-0.39, 0.29) is 5.91 Å². The summed E-state index contributed by atoms with van der Waals surface area (Å²) in [6.07, 6.45) is 0.419. The number of rotatable bonds is 4. The number of benzene rings is 1. The van der Waals surface area contributed by atoms with Crippen LogP contribution in [0.5, 0.6) is 0 Å². The quantitative estimate of drug-likeness (QED) is 0.876. The summed E-state index contributed by atoms with van der Waals surface area (Å²) in [5.74, 6) is 1.13. The molecule has 2 aromatic rings. The summed E-state index contributed by atoms with van der Waals surface area (Å²) in [5, 5.41) is 2.61. The fourth-order valence-corrected chi connectivity index (χ4v) is 2.40. The Bertz CT molecular complexity index is 582. The molecule has 0 saturated heterocycles. The Morgan fingerprint density at radius 3 is 3.00 bits per heavy atom. The molecule has 0 radical (unpaired) electrons. The lowest BCUT2D eigenvalue weighted by atomic mass is 10.3. The Morgan fingerprint density at radius 1 is 1.56 bits per heavy atom. The molecule has 1 N–H and O–H groups in total. The highest BCUT2D eigenvalue weighted by atomic mass is 79.9. The second kappa shape index (κ2) is 5.71. The minimum atomic E-state index is 0.00878. The number of hydrogen-bond acceptors (Lipinski definition) is 2. The minimum Gasteiger partial charge on any atom is -0.359 e. The van der Waals surface area contributed by atoms with Gasteiger partial charge in [0.15, 0.2) is 0 Å². The van der Waals surface area contributed by atoms with E-state index in [0.717, 1.165) is 21.3 Å². The number of hydrogen-bond donors (Lipinski definition) is 1. The van der Waals surface area contributed by atoms with Crippen molar-refractivity contribution in [2.75, 3.05) is 7.05 Å². The zero-order valence-corrected chi connectivity index (χ0v) is 12.3. The number of aryl methyl sites for hydroxylation is 1. The molecule has 96 valence electrons. The number of carbonyl (C=O) groups excluding carboxylic acids is 1. The third-order valence-electron chi connectivity index (χ3n) is 2.75. The number of nitrogens with zero attached hydrogens (tertiary/aromatic N) is 2. The van der Waals surface area contributed by atoms with E-state index in [1.54, 1.807) is 7.05 Å². The molecule has 0 saturated carbocycles. The van der Waals surface area contributed by atoms with Crippen molar-refractivity contribution in [2.45, 2.75) is 18.8 Å². The minimum absolute atomic E-state index is 0.00878. The first kappa shape index (κ1) is 13.4. The molecule has 1 aromatic carbocycles. The van der Waals surface area contributed by atoms with Crippen LogP contribution in [0.2, 0.25) is 0 Å². The fourth-order valence-electron chi connectivity index (χ4n) is 1.84. The zero-order valence-electron chi connectivity index (χ0n) is 9.91. The van der Waals surface area contributed by atoms with Gasteiger partial charge in [-0.05, 0) is 18.2 Å². The smallest absolute Gasteiger partial charge is 0.221 e. The number of alkyl halides is 1. The lowest BCUT2D eigenvalue weighted by Gasteiger charge is -2.06. The van der Waals surface area contributed by atoms with E-state index in [9.17, 15) is 4.79 Å². The van der Waals surface area contributed by atoms with Gasteiger partial charge >= 0.3 is 0 Å². The Labute approximate surface area is 118 Å². The van der Waals surface area contributed by atoms with Crippen LogP contribution in [-0.4, -0.2) is 22.5 Å². The summed E-state index contributed by atoms with van der Waals surface area (Å²) in [6, 6.07) is 5.88. The Hall–Kier alpha value is -1.07. The van der Waals surface area contributed by atoms with Crippen molar-refractivity contribution < 1.29 is 4.79 Å². The van der Waals surface area contributed by atoms with Crippen molar-refractivity contribution in [1.82, 2.24) is 14.9 Å². The van der Waals surface area contributed by atoms with Gasteiger partial charge in [0.1, 0.15) is 5.82 Å². The van der Waals surface area contributed by atoms with Crippen LogP contribution in [0.15, 0.2) is 22.7 Å². The van der Waals surface area contributed by atoms with E-state index in [0.29, 0.717) is 18.8 Å². The van der Waals surface area contributed by atoms with Gasteiger partial charge < -0.3 is 9.88 Å². The molecule has 0 bridgehead atoms. The fraction of sp³-hybridized carbons (Fsp3) is 0.333. The molecule has 1 amide bonds. The van der Waals surface area contributed by atoms with E-state index in [4.69, 9.17) is 11.6 Å². The molecule has 0 atom stereocenters. The molecule has 0 aliphatic heterocycles. The van der Waals surface area contributed by atoms with Gasteiger partial charge in [0.2, 0.25) is 5.91 Å². The zero-order chi connectivity index (χ0) is 13.1. The largest absolute Gasteiger partial charge is 0.359 e. The summed E-state index contributed by atoms with van der Waals surface area (Å²) in [7, 11) is 1.63. The molecule has 4 nitrogen and oxygen atoms in total. The van der Waals surface area contributed by atoms with Crippen LogP contribution in [0.3, 0.4) is 0 Å². The molecular formula is C12H13BrClN3O. The van der Waals surface area contributed by atoms with Crippen LogP contribution in [0, 0.1) is 0 Å². The highest BCUT2D eigenvalue weighted by Gasteiger charge is 2.11. The first-order valence-corrected chi connectivity index (χ1v) is 6.89. The summed E-state index contributed by atoms with van der Waals surface area (Å²) in [6.45, 7) is 0.583. The van der Waals surface area contributed by atoms with Crippen molar-refractivity contribution >= 4 is 44.5 Å². The van der Waals surface area contributed by atoms with Gasteiger partial charge in [0, 0.05) is 24.5 Å². The molecule has 0 aliphatic carbocycles. The summed E-state index contributed by atoms with van der Waals surface area (Å²) < 4.78 is 2.97. The maximum absolute atomic E-state index is 11.3. The highest BCUT2D eigenvalue weighted by molar-refractivity contribution is 9.10. The standard InChI is InChI=1S/C12H13BrClN3O/c1-15-12(18)4-5-17-10-3-2-8(13)6-9(10)16-11(17)7-14/h2-3,6H,4-5,7H2,1H3,(H,15,18).